The van der Waals surface area contributed by atoms with Crippen LogP contribution >= 0.6 is 0 Å². The number of aromatic nitrogens is 2. The molecule has 0 bridgehead atoms. The van der Waals surface area contributed by atoms with Gasteiger partial charge in [-0.05, 0) is 24.3 Å². The van der Waals surface area contributed by atoms with Crippen LogP contribution in [0.15, 0.2) is 42.5 Å². The van der Waals surface area contributed by atoms with Crippen molar-refractivity contribution in [2.45, 2.75) is 0 Å². The molecule has 6 heteroatoms. The third-order valence-electron chi connectivity index (χ3n) is 2.16. The topological polar surface area (TPSA) is 92.2 Å². The number of anilines is 1. The first-order valence-electron chi connectivity index (χ1n) is 5.10. The molecule has 1 amide bonds. The molecule has 0 aliphatic carbocycles. The molecule has 90 valence electrons. The summed E-state index contributed by atoms with van der Waals surface area (Å²) in [5, 5.41) is 18.2. The predicted molar refractivity (Wildman–Crippen MR) is 63.4 cm³/mol. The van der Waals surface area contributed by atoms with Crippen molar-refractivity contribution in [1.82, 2.24) is 10.2 Å². The van der Waals surface area contributed by atoms with E-state index in [4.69, 9.17) is 5.11 Å². The fourth-order valence-corrected chi connectivity index (χ4v) is 1.29. The van der Waals surface area contributed by atoms with Crippen molar-refractivity contribution in [1.29, 1.82) is 0 Å². The third kappa shape index (κ3) is 2.67. The van der Waals surface area contributed by atoms with E-state index in [2.05, 4.69) is 15.5 Å². The number of carboxylic acid groups (broad SMARTS) is 1. The largest absolute Gasteiger partial charge is 0.476 e. The molecule has 0 unspecified atom stereocenters. The zero-order valence-electron chi connectivity index (χ0n) is 9.20. The number of carbonyl (C=O) groups excluding carboxylic acids is 1. The van der Waals surface area contributed by atoms with Gasteiger partial charge in [-0.15, -0.1) is 10.2 Å². The number of aromatic carboxylic acids is 1. The monoisotopic (exact) mass is 243 g/mol. The summed E-state index contributed by atoms with van der Waals surface area (Å²) in [6.45, 7) is 0. The first kappa shape index (κ1) is 11.7. The number of carbonyl (C=O) groups is 2. The van der Waals surface area contributed by atoms with Crippen LogP contribution in [0.1, 0.15) is 20.8 Å². The fraction of sp³-hybridized carbons (Fsp3) is 0. The van der Waals surface area contributed by atoms with Crippen LogP contribution in [0.3, 0.4) is 0 Å². The van der Waals surface area contributed by atoms with Gasteiger partial charge in [-0.1, -0.05) is 18.2 Å². The number of hydrogen-bond acceptors (Lipinski definition) is 4. The molecule has 0 radical (unpaired) electrons. The van der Waals surface area contributed by atoms with E-state index in [1.165, 1.54) is 12.1 Å². The van der Waals surface area contributed by atoms with E-state index < -0.39 is 5.97 Å². The quantitative estimate of drug-likeness (QED) is 0.850. The number of benzene rings is 1. The van der Waals surface area contributed by atoms with E-state index >= 15 is 0 Å². The minimum absolute atomic E-state index is 0.173. The lowest BCUT2D eigenvalue weighted by Crippen LogP contribution is -2.14. The van der Waals surface area contributed by atoms with Gasteiger partial charge in [0.05, 0.1) is 0 Å². The average Bonchev–Trinajstić information content (AvgIpc) is 2.40. The minimum Gasteiger partial charge on any atom is -0.476 e. The Hall–Kier alpha value is -2.76. The summed E-state index contributed by atoms with van der Waals surface area (Å²) in [4.78, 5) is 22.3. The van der Waals surface area contributed by atoms with Crippen LogP contribution in [-0.4, -0.2) is 27.2 Å². The Morgan fingerprint density at radius 3 is 2.28 bits per heavy atom. The third-order valence-corrected chi connectivity index (χ3v) is 2.16. The summed E-state index contributed by atoms with van der Waals surface area (Å²) >= 11 is 0. The minimum atomic E-state index is -1.16. The molecule has 2 aromatic rings. The highest BCUT2D eigenvalue weighted by Gasteiger charge is 2.08. The molecule has 0 atom stereocenters. The van der Waals surface area contributed by atoms with Gasteiger partial charge in [-0.25, -0.2) is 4.79 Å². The van der Waals surface area contributed by atoms with E-state index in [1.807, 2.05) is 0 Å². The number of amides is 1. The van der Waals surface area contributed by atoms with Gasteiger partial charge in [0.1, 0.15) is 0 Å². The summed E-state index contributed by atoms with van der Waals surface area (Å²) in [6.07, 6.45) is 0. The first-order valence-corrected chi connectivity index (χ1v) is 5.10. The highest BCUT2D eigenvalue weighted by Crippen LogP contribution is 2.06. The number of nitrogens with zero attached hydrogens (tertiary/aromatic N) is 2. The van der Waals surface area contributed by atoms with Gasteiger partial charge < -0.3 is 10.4 Å². The van der Waals surface area contributed by atoms with Crippen molar-refractivity contribution < 1.29 is 14.7 Å². The highest BCUT2D eigenvalue weighted by atomic mass is 16.4. The summed E-state index contributed by atoms with van der Waals surface area (Å²) in [5.41, 5.74) is 0.314. The predicted octanol–water partition coefficient (Wildman–Crippen LogP) is 1.43. The van der Waals surface area contributed by atoms with Crippen molar-refractivity contribution in [2.24, 2.45) is 0 Å². The van der Waals surface area contributed by atoms with Gasteiger partial charge in [-0.2, -0.15) is 0 Å². The van der Waals surface area contributed by atoms with E-state index in [0.717, 1.165) is 0 Å². The van der Waals surface area contributed by atoms with Gasteiger partial charge in [0.25, 0.3) is 5.91 Å². The second-order valence-corrected chi connectivity index (χ2v) is 3.43. The van der Waals surface area contributed by atoms with Gasteiger partial charge in [0.15, 0.2) is 11.5 Å². The Morgan fingerprint density at radius 2 is 1.72 bits per heavy atom. The molecular formula is C12H9N3O3. The maximum atomic E-state index is 11.7. The molecule has 2 N–H and O–H groups in total. The molecule has 0 aliphatic rings. The van der Waals surface area contributed by atoms with Crippen LogP contribution in [-0.2, 0) is 0 Å². The Kier molecular flexibility index (Phi) is 3.29. The smallest absolute Gasteiger partial charge is 0.356 e. The molecule has 1 heterocycles. The first-order chi connectivity index (χ1) is 8.66. The van der Waals surface area contributed by atoms with Crippen molar-refractivity contribution in [3.8, 4) is 0 Å². The SMILES string of the molecule is O=C(Nc1ccc(C(=O)O)nn1)c1ccccc1. The molecule has 18 heavy (non-hydrogen) atoms. The summed E-state index contributed by atoms with van der Waals surface area (Å²) in [6, 6.07) is 11.3. The molecule has 0 saturated heterocycles. The van der Waals surface area contributed by atoms with E-state index in [0.29, 0.717) is 5.56 Å². The standard InChI is InChI=1S/C12H9N3O3/c16-11(8-4-2-1-3-5-8)13-10-7-6-9(12(17)18)14-15-10/h1-7H,(H,17,18)(H,13,15,16). The molecule has 0 aliphatic heterocycles. The van der Waals surface area contributed by atoms with Crippen molar-refractivity contribution in [3.05, 3.63) is 53.7 Å². The molecule has 0 spiro atoms. The summed E-state index contributed by atoms with van der Waals surface area (Å²) < 4.78 is 0. The van der Waals surface area contributed by atoms with Crippen molar-refractivity contribution >= 4 is 17.7 Å². The van der Waals surface area contributed by atoms with Crippen LogP contribution in [0.2, 0.25) is 0 Å². The Bertz CT molecular complexity index is 567. The molecule has 1 aromatic carbocycles. The molecule has 1 aromatic heterocycles. The molecule has 0 fully saturated rings. The molecule has 0 saturated carbocycles. The van der Waals surface area contributed by atoms with Crippen LogP contribution in [0.4, 0.5) is 5.82 Å². The maximum absolute atomic E-state index is 11.7. The van der Waals surface area contributed by atoms with Gasteiger partial charge in [0, 0.05) is 5.56 Å². The maximum Gasteiger partial charge on any atom is 0.356 e. The Morgan fingerprint density at radius 1 is 1.00 bits per heavy atom. The summed E-state index contributed by atoms with van der Waals surface area (Å²) in [7, 11) is 0. The molecule has 2 rings (SSSR count). The number of nitrogens with one attached hydrogen (secondary N) is 1. The van der Waals surface area contributed by atoms with Crippen LogP contribution < -0.4 is 5.32 Å². The molecular weight excluding hydrogens is 234 g/mol. The zero-order valence-corrected chi connectivity index (χ0v) is 9.20. The van der Waals surface area contributed by atoms with E-state index in [1.54, 1.807) is 30.3 Å². The van der Waals surface area contributed by atoms with Crippen LogP contribution in [0.25, 0.3) is 0 Å². The zero-order chi connectivity index (χ0) is 13.0. The summed E-state index contributed by atoms with van der Waals surface area (Å²) in [5.74, 6) is -1.29. The number of hydrogen-bond donors (Lipinski definition) is 2. The fourth-order valence-electron chi connectivity index (χ4n) is 1.29. The molecule has 6 nitrogen and oxygen atoms in total. The van der Waals surface area contributed by atoms with E-state index in [9.17, 15) is 9.59 Å². The number of carboxylic acids is 1. The second kappa shape index (κ2) is 5.05. The lowest BCUT2D eigenvalue weighted by molar-refractivity contribution is 0.0689. The van der Waals surface area contributed by atoms with Crippen molar-refractivity contribution in [3.63, 3.8) is 0 Å². The highest BCUT2D eigenvalue weighted by molar-refractivity contribution is 6.03. The Labute approximate surface area is 102 Å². The lowest BCUT2D eigenvalue weighted by atomic mass is 10.2. The van der Waals surface area contributed by atoms with Gasteiger partial charge in [-0.3, -0.25) is 4.79 Å². The van der Waals surface area contributed by atoms with Gasteiger partial charge >= 0.3 is 5.97 Å². The average molecular weight is 243 g/mol. The van der Waals surface area contributed by atoms with E-state index in [-0.39, 0.29) is 17.4 Å². The normalized spacial score (nSPS) is 9.78. The van der Waals surface area contributed by atoms with Crippen LogP contribution in [0.5, 0.6) is 0 Å². The second-order valence-electron chi connectivity index (χ2n) is 3.43. The lowest BCUT2D eigenvalue weighted by Gasteiger charge is -2.03. The van der Waals surface area contributed by atoms with Crippen molar-refractivity contribution in [2.75, 3.05) is 5.32 Å². The van der Waals surface area contributed by atoms with Crippen LogP contribution in [0, 0.1) is 0 Å². The van der Waals surface area contributed by atoms with Gasteiger partial charge in [0.2, 0.25) is 0 Å². The number of rotatable bonds is 3. The Balaban J connectivity index is 2.10.